The van der Waals surface area contributed by atoms with Crippen LogP contribution in [0.5, 0.6) is 0 Å². The van der Waals surface area contributed by atoms with E-state index in [1.165, 1.54) is 11.3 Å². The third-order valence-electron chi connectivity index (χ3n) is 3.49. The molecule has 0 fully saturated rings. The van der Waals surface area contributed by atoms with Crippen molar-refractivity contribution in [2.24, 2.45) is 0 Å². The number of aliphatic hydroxyl groups is 1. The average molecular weight is 329 g/mol. The molecule has 0 amide bonds. The van der Waals surface area contributed by atoms with Crippen molar-refractivity contribution in [1.82, 2.24) is 5.32 Å². The van der Waals surface area contributed by atoms with E-state index in [2.05, 4.69) is 5.32 Å². The number of hydrogen-bond acceptors (Lipinski definition) is 3. The molecule has 3 unspecified atom stereocenters. The molecule has 0 aliphatic carbocycles. The van der Waals surface area contributed by atoms with Gasteiger partial charge in [0, 0.05) is 17.0 Å². The standard InChI is InChI=1S/C16H18F3NOS/c1-9(6-14(21)15-4-3-5-22-15)20-10(2)11-7-12(17)16(19)13(18)8-11/h3-5,7-10,14,20-21H,6H2,1-2H3. The summed E-state index contributed by atoms with van der Waals surface area (Å²) in [4.78, 5) is 0.875. The molecule has 2 N–H and O–H groups in total. The second kappa shape index (κ2) is 7.26. The van der Waals surface area contributed by atoms with Crippen LogP contribution in [-0.4, -0.2) is 11.1 Å². The molecular weight excluding hydrogens is 311 g/mol. The SMILES string of the molecule is CC(CC(O)c1cccs1)NC(C)c1cc(F)c(F)c(F)c1. The third kappa shape index (κ3) is 4.09. The maximum atomic E-state index is 13.3. The van der Waals surface area contributed by atoms with E-state index in [9.17, 15) is 18.3 Å². The molecule has 3 atom stereocenters. The van der Waals surface area contributed by atoms with Crippen LogP contribution >= 0.6 is 11.3 Å². The molecule has 2 rings (SSSR count). The van der Waals surface area contributed by atoms with Crippen molar-refractivity contribution in [3.05, 3.63) is 57.5 Å². The summed E-state index contributed by atoms with van der Waals surface area (Å²) in [5, 5.41) is 15.1. The zero-order valence-corrected chi connectivity index (χ0v) is 13.1. The number of rotatable bonds is 6. The fourth-order valence-corrected chi connectivity index (χ4v) is 3.07. The lowest BCUT2D eigenvalue weighted by Crippen LogP contribution is -2.30. The molecule has 120 valence electrons. The van der Waals surface area contributed by atoms with Crippen LogP contribution in [0, 0.1) is 17.5 Å². The number of benzene rings is 1. The van der Waals surface area contributed by atoms with Gasteiger partial charge in [0.2, 0.25) is 0 Å². The van der Waals surface area contributed by atoms with Crippen molar-refractivity contribution in [3.63, 3.8) is 0 Å². The second-order valence-electron chi connectivity index (χ2n) is 5.35. The van der Waals surface area contributed by atoms with Crippen molar-refractivity contribution < 1.29 is 18.3 Å². The first-order valence-electron chi connectivity index (χ1n) is 7.00. The molecular formula is C16H18F3NOS. The summed E-state index contributed by atoms with van der Waals surface area (Å²) in [6.07, 6.45) is -0.117. The first-order chi connectivity index (χ1) is 10.4. The van der Waals surface area contributed by atoms with Gasteiger partial charge in [-0.15, -0.1) is 11.3 Å². The summed E-state index contributed by atoms with van der Waals surface area (Å²) >= 11 is 1.48. The zero-order chi connectivity index (χ0) is 16.3. The van der Waals surface area contributed by atoms with E-state index in [0.717, 1.165) is 17.0 Å². The third-order valence-corrected chi connectivity index (χ3v) is 4.46. The van der Waals surface area contributed by atoms with Gasteiger partial charge in [0.05, 0.1) is 6.10 Å². The molecule has 0 bridgehead atoms. The van der Waals surface area contributed by atoms with Gasteiger partial charge in [-0.05, 0) is 49.4 Å². The van der Waals surface area contributed by atoms with E-state index in [0.29, 0.717) is 12.0 Å². The van der Waals surface area contributed by atoms with E-state index in [1.54, 1.807) is 6.92 Å². The van der Waals surface area contributed by atoms with Crippen molar-refractivity contribution in [1.29, 1.82) is 0 Å². The molecule has 2 aromatic rings. The fraction of sp³-hybridized carbons (Fsp3) is 0.375. The summed E-state index contributed by atoms with van der Waals surface area (Å²) in [7, 11) is 0. The van der Waals surface area contributed by atoms with Crippen LogP contribution in [-0.2, 0) is 0 Å². The lowest BCUT2D eigenvalue weighted by molar-refractivity contribution is 0.155. The Kier molecular flexibility index (Phi) is 5.61. The quantitative estimate of drug-likeness (QED) is 0.773. The second-order valence-corrected chi connectivity index (χ2v) is 6.33. The molecule has 22 heavy (non-hydrogen) atoms. The Morgan fingerprint density at radius 3 is 2.36 bits per heavy atom. The van der Waals surface area contributed by atoms with Gasteiger partial charge >= 0.3 is 0 Å². The molecule has 2 nitrogen and oxygen atoms in total. The van der Waals surface area contributed by atoms with Crippen molar-refractivity contribution in [2.75, 3.05) is 0 Å². The minimum absolute atomic E-state index is 0.0803. The molecule has 1 aromatic carbocycles. The van der Waals surface area contributed by atoms with Crippen LogP contribution in [0.3, 0.4) is 0 Å². The van der Waals surface area contributed by atoms with Crippen molar-refractivity contribution in [2.45, 2.75) is 38.5 Å². The van der Waals surface area contributed by atoms with Crippen LogP contribution in [0.4, 0.5) is 13.2 Å². The number of thiophene rings is 1. The minimum Gasteiger partial charge on any atom is -0.388 e. The fourth-order valence-electron chi connectivity index (χ4n) is 2.35. The summed E-state index contributed by atoms with van der Waals surface area (Å²) in [6.45, 7) is 3.61. The predicted octanol–water partition coefficient (Wildman–Crippen LogP) is 4.33. The molecule has 1 aromatic heterocycles. The molecule has 0 aliphatic heterocycles. The van der Waals surface area contributed by atoms with E-state index >= 15 is 0 Å². The van der Waals surface area contributed by atoms with Gasteiger partial charge in [0.25, 0.3) is 0 Å². The van der Waals surface area contributed by atoms with Gasteiger partial charge in [0.1, 0.15) is 0 Å². The van der Waals surface area contributed by atoms with Crippen LogP contribution in [0.25, 0.3) is 0 Å². The number of hydrogen-bond donors (Lipinski definition) is 2. The van der Waals surface area contributed by atoms with E-state index in [-0.39, 0.29) is 12.1 Å². The number of aliphatic hydroxyl groups excluding tert-OH is 1. The molecule has 0 radical (unpaired) electrons. The largest absolute Gasteiger partial charge is 0.388 e. The van der Waals surface area contributed by atoms with Gasteiger partial charge < -0.3 is 10.4 Å². The first kappa shape index (κ1) is 17.0. The van der Waals surface area contributed by atoms with Crippen LogP contribution in [0.15, 0.2) is 29.6 Å². The minimum atomic E-state index is -1.46. The van der Waals surface area contributed by atoms with Gasteiger partial charge in [-0.2, -0.15) is 0 Å². The van der Waals surface area contributed by atoms with Crippen molar-refractivity contribution >= 4 is 11.3 Å². The maximum Gasteiger partial charge on any atom is 0.194 e. The van der Waals surface area contributed by atoms with Crippen molar-refractivity contribution in [3.8, 4) is 0 Å². The first-order valence-corrected chi connectivity index (χ1v) is 7.88. The van der Waals surface area contributed by atoms with E-state index < -0.39 is 23.6 Å². The monoisotopic (exact) mass is 329 g/mol. The Hall–Kier alpha value is -1.37. The molecule has 0 spiro atoms. The maximum absolute atomic E-state index is 13.3. The van der Waals surface area contributed by atoms with Gasteiger partial charge in [-0.25, -0.2) is 13.2 Å². The molecule has 6 heteroatoms. The van der Waals surface area contributed by atoms with Gasteiger partial charge in [-0.3, -0.25) is 0 Å². The van der Waals surface area contributed by atoms with Crippen LogP contribution in [0.1, 0.15) is 42.9 Å². The lowest BCUT2D eigenvalue weighted by atomic mass is 10.0. The van der Waals surface area contributed by atoms with E-state index in [1.807, 2.05) is 24.4 Å². The summed E-state index contributed by atoms with van der Waals surface area (Å²) < 4.78 is 39.5. The molecule has 0 saturated carbocycles. The Labute approximate surface area is 131 Å². The molecule has 0 aliphatic rings. The highest BCUT2D eigenvalue weighted by Gasteiger charge is 2.18. The summed E-state index contributed by atoms with van der Waals surface area (Å²) in [6, 6.07) is 5.25. The smallest absolute Gasteiger partial charge is 0.194 e. The highest BCUT2D eigenvalue weighted by atomic mass is 32.1. The normalized spacial score (nSPS) is 15.5. The molecule has 0 saturated heterocycles. The number of nitrogens with one attached hydrogen (secondary N) is 1. The predicted molar refractivity (Wildman–Crippen MR) is 81.2 cm³/mol. The number of halogens is 3. The Morgan fingerprint density at radius 2 is 1.82 bits per heavy atom. The topological polar surface area (TPSA) is 32.3 Å². The highest BCUT2D eigenvalue weighted by Crippen LogP contribution is 2.24. The Balaban J connectivity index is 1.98. The average Bonchev–Trinajstić information content (AvgIpc) is 2.98. The van der Waals surface area contributed by atoms with Gasteiger partial charge in [-0.1, -0.05) is 6.07 Å². The highest BCUT2D eigenvalue weighted by molar-refractivity contribution is 7.10. The van der Waals surface area contributed by atoms with Gasteiger partial charge in [0.15, 0.2) is 17.5 Å². The lowest BCUT2D eigenvalue weighted by Gasteiger charge is -2.22. The Bertz CT molecular complexity index is 595. The molecule has 1 heterocycles. The van der Waals surface area contributed by atoms with Crippen LogP contribution in [0.2, 0.25) is 0 Å². The summed E-state index contributed by atoms with van der Waals surface area (Å²) in [5.41, 5.74) is 0.328. The zero-order valence-electron chi connectivity index (χ0n) is 12.3. The Morgan fingerprint density at radius 1 is 1.18 bits per heavy atom. The van der Waals surface area contributed by atoms with Crippen LogP contribution < -0.4 is 5.32 Å². The summed E-state index contributed by atoms with van der Waals surface area (Å²) in [5.74, 6) is -3.86. The van der Waals surface area contributed by atoms with E-state index in [4.69, 9.17) is 0 Å².